The minimum Gasteiger partial charge on any atom is -0.467 e. The Morgan fingerprint density at radius 1 is 1.55 bits per heavy atom. The number of hydrogen-bond acceptors (Lipinski definition) is 9. The zero-order chi connectivity index (χ0) is 15.3. The van der Waals surface area contributed by atoms with E-state index in [0.717, 1.165) is 6.20 Å². The number of nitrogens with one attached hydrogen (secondary N) is 2. The Hall–Kier alpha value is -2.49. The van der Waals surface area contributed by atoms with Crippen LogP contribution in [0.15, 0.2) is 6.20 Å². The molecule has 0 aliphatic carbocycles. The number of rotatable bonds is 6. The quantitative estimate of drug-likeness (QED) is 0.290. The van der Waals surface area contributed by atoms with E-state index in [1.807, 2.05) is 0 Å². The molecule has 0 aliphatic heterocycles. The van der Waals surface area contributed by atoms with E-state index in [9.17, 15) is 14.9 Å². The molecule has 0 aromatic carbocycles. The second kappa shape index (κ2) is 6.61. The van der Waals surface area contributed by atoms with Gasteiger partial charge in [0.15, 0.2) is 0 Å². The van der Waals surface area contributed by atoms with Crippen LogP contribution in [-0.4, -0.2) is 34.0 Å². The van der Waals surface area contributed by atoms with Crippen molar-refractivity contribution in [3.8, 4) is 0 Å². The molecule has 10 heteroatoms. The van der Waals surface area contributed by atoms with Gasteiger partial charge in [0.25, 0.3) is 0 Å². The summed E-state index contributed by atoms with van der Waals surface area (Å²) in [6, 6.07) is -0.778. The predicted octanol–water partition coefficient (Wildman–Crippen LogP) is 0.280. The number of carbonyl (C=O) groups excluding carboxylic acids is 1. The third-order valence-electron chi connectivity index (χ3n) is 2.51. The molecule has 0 saturated carbocycles. The molecule has 110 valence electrons. The largest absolute Gasteiger partial charge is 0.467 e. The number of nitrogens with two attached hydrogens (primary N) is 1. The monoisotopic (exact) mass is 284 g/mol. The molecule has 1 unspecified atom stereocenters. The lowest BCUT2D eigenvalue weighted by Crippen LogP contribution is -2.36. The molecule has 4 N–H and O–H groups in total. The first-order chi connectivity index (χ1) is 9.40. The summed E-state index contributed by atoms with van der Waals surface area (Å²) < 4.78 is 4.65. The number of nitrogens with zero attached hydrogens (tertiary/aromatic N) is 3. The normalized spacial score (nSPS) is 11.8. The number of anilines is 2. The average molecular weight is 284 g/mol. The molecule has 0 amide bonds. The Bertz CT molecular complexity index is 507. The van der Waals surface area contributed by atoms with E-state index in [-0.39, 0.29) is 23.4 Å². The van der Waals surface area contributed by atoms with Crippen molar-refractivity contribution in [3.63, 3.8) is 0 Å². The Morgan fingerprint density at radius 2 is 2.20 bits per heavy atom. The molecule has 1 rings (SSSR count). The third kappa shape index (κ3) is 3.51. The van der Waals surface area contributed by atoms with Crippen LogP contribution in [0.2, 0.25) is 0 Å². The van der Waals surface area contributed by atoms with Gasteiger partial charge < -0.3 is 10.1 Å². The summed E-state index contributed by atoms with van der Waals surface area (Å²) in [4.78, 5) is 29.4. The number of hydrogen-bond donors (Lipinski definition) is 3. The van der Waals surface area contributed by atoms with E-state index in [4.69, 9.17) is 5.84 Å². The van der Waals surface area contributed by atoms with E-state index in [1.54, 1.807) is 13.8 Å². The molecule has 0 spiro atoms. The van der Waals surface area contributed by atoms with E-state index < -0.39 is 16.9 Å². The standard InChI is InChI=1S/C10H16N6O4/c1-5(2)7(9(17)20-3)13-8-6(16(18)19)4-12-10(14-8)15-11/h4-5,7H,11H2,1-3H3,(H2,12,13,14,15). The van der Waals surface area contributed by atoms with Gasteiger partial charge in [-0.25, -0.2) is 15.6 Å². The highest BCUT2D eigenvalue weighted by Gasteiger charge is 2.27. The molecule has 1 aromatic heterocycles. The van der Waals surface area contributed by atoms with Gasteiger partial charge >= 0.3 is 11.7 Å². The number of aromatic nitrogens is 2. The topological polar surface area (TPSA) is 145 Å². The summed E-state index contributed by atoms with van der Waals surface area (Å²) in [5.74, 6) is 4.33. The van der Waals surface area contributed by atoms with E-state index >= 15 is 0 Å². The van der Waals surface area contributed by atoms with Gasteiger partial charge in [-0.3, -0.25) is 15.5 Å². The number of methoxy groups -OCH3 is 1. The van der Waals surface area contributed by atoms with Gasteiger partial charge in [-0.1, -0.05) is 13.8 Å². The first-order valence-electron chi connectivity index (χ1n) is 5.73. The average Bonchev–Trinajstić information content (AvgIpc) is 2.42. The molecule has 1 atom stereocenters. The van der Waals surface area contributed by atoms with Gasteiger partial charge in [0, 0.05) is 0 Å². The van der Waals surface area contributed by atoms with Gasteiger partial charge in [-0.2, -0.15) is 4.98 Å². The highest BCUT2D eigenvalue weighted by Crippen LogP contribution is 2.24. The lowest BCUT2D eigenvalue weighted by Gasteiger charge is -2.20. The van der Waals surface area contributed by atoms with Crippen LogP contribution in [0.1, 0.15) is 13.8 Å². The van der Waals surface area contributed by atoms with Crippen molar-refractivity contribution in [1.82, 2.24) is 9.97 Å². The van der Waals surface area contributed by atoms with E-state index in [2.05, 4.69) is 25.4 Å². The SMILES string of the molecule is COC(=O)C(Nc1nc(NN)ncc1[N+](=O)[O-])C(C)C. The van der Waals surface area contributed by atoms with Crippen LogP contribution >= 0.6 is 0 Å². The maximum atomic E-state index is 11.7. The van der Waals surface area contributed by atoms with Gasteiger partial charge in [0.2, 0.25) is 11.8 Å². The number of nitro groups is 1. The first kappa shape index (κ1) is 15.6. The zero-order valence-corrected chi connectivity index (χ0v) is 11.3. The summed E-state index contributed by atoms with van der Waals surface area (Å²) >= 11 is 0. The van der Waals surface area contributed by atoms with Crippen LogP contribution in [0.5, 0.6) is 0 Å². The van der Waals surface area contributed by atoms with Gasteiger partial charge in [-0.15, -0.1) is 0 Å². The maximum Gasteiger partial charge on any atom is 0.329 e. The molecule has 1 heterocycles. The number of esters is 1. The van der Waals surface area contributed by atoms with Crippen molar-refractivity contribution < 1.29 is 14.5 Å². The highest BCUT2D eigenvalue weighted by molar-refractivity contribution is 5.80. The second-order valence-corrected chi connectivity index (χ2v) is 4.22. The Kier molecular flexibility index (Phi) is 5.15. The van der Waals surface area contributed by atoms with Crippen molar-refractivity contribution >= 4 is 23.4 Å². The lowest BCUT2D eigenvalue weighted by molar-refractivity contribution is -0.384. The molecule has 0 saturated heterocycles. The fourth-order valence-electron chi connectivity index (χ4n) is 1.46. The Labute approximate surface area is 114 Å². The van der Waals surface area contributed by atoms with Crippen molar-refractivity contribution in [2.24, 2.45) is 11.8 Å². The minimum absolute atomic E-state index is 0.00882. The first-order valence-corrected chi connectivity index (χ1v) is 5.73. The fourth-order valence-corrected chi connectivity index (χ4v) is 1.46. The third-order valence-corrected chi connectivity index (χ3v) is 2.51. The van der Waals surface area contributed by atoms with Gasteiger partial charge in [-0.05, 0) is 5.92 Å². The molecule has 10 nitrogen and oxygen atoms in total. The number of hydrazine groups is 1. The number of carbonyl (C=O) groups is 1. The summed E-state index contributed by atoms with van der Waals surface area (Å²) in [5.41, 5.74) is 1.82. The van der Waals surface area contributed by atoms with Crippen molar-refractivity contribution in [1.29, 1.82) is 0 Å². The molecule has 0 fully saturated rings. The predicted molar refractivity (Wildman–Crippen MR) is 70.8 cm³/mol. The van der Waals surface area contributed by atoms with Crippen LogP contribution in [0.4, 0.5) is 17.5 Å². The van der Waals surface area contributed by atoms with Gasteiger partial charge in [0.05, 0.1) is 12.0 Å². The number of nitrogen functional groups attached to an aromatic ring is 1. The molecule has 1 aromatic rings. The van der Waals surface area contributed by atoms with E-state index in [0.29, 0.717) is 0 Å². The van der Waals surface area contributed by atoms with Crippen LogP contribution in [0.25, 0.3) is 0 Å². The van der Waals surface area contributed by atoms with Crippen molar-refractivity contribution in [2.45, 2.75) is 19.9 Å². The Balaban J connectivity index is 3.15. The summed E-state index contributed by atoms with van der Waals surface area (Å²) in [6.45, 7) is 3.54. The minimum atomic E-state index is -0.778. The maximum absolute atomic E-state index is 11.7. The molecule has 0 aliphatic rings. The van der Waals surface area contributed by atoms with Crippen LogP contribution in [0, 0.1) is 16.0 Å². The van der Waals surface area contributed by atoms with E-state index in [1.165, 1.54) is 7.11 Å². The summed E-state index contributed by atoms with van der Waals surface area (Å²) in [7, 11) is 1.24. The molecule has 0 radical (unpaired) electrons. The van der Waals surface area contributed by atoms with Crippen LogP contribution in [-0.2, 0) is 9.53 Å². The fraction of sp³-hybridized carbons (Fsp3) is 0.500. The van der Waals surface area contributed by atoms with Crippen LogP contribution < -0.4 is 16.6 Å². The summed E-state index contributed by atoms with van der Waals surface area (Å²) in [5, 5.41) is 13.6. The zero-order valence-electron chi connectivity index (χ0n) is 11.3. The summed E-state index contributed by atoms with van der Waals surface area (Å²) in [6.07, 6.45) is 0.999. The molecule has 20 heavy (non-hydrogen) atoms. The van der Waals surface area contributed by atoms with Crippen LogP contribution in [0.3, 0.4) is 0 Å². The van der Waals surface area contributed by atoms with Crippen molar-refractivity contribution in [3.05, 3.63) is 16.3 Å². The molecular weight excluding hydrogens is 268 g/mol. The molecular formula is C10H16N6O4. The van der Waals surface area contributed by atoms with Crippen molar-refractivity contribution in [2.75, 3.05) is 17.9 Å². The lowest BCUT2D eigenvalue weighted by atomic mass is 10.0. The number of ether oxygens (including phenoxy) is 1. The smallest absolute Gasteiger partial charge is 0.329 e. The van der Waals surface area contributed by atoms with Gasteiger partial charge in [0.1, 0.15) is 12.2 Å². The Morgan fingerprint density at radius 3 is 2.65 bits per heavy atom. The second-order valence-electron chi connectivity index (χ2n) is 4.22. The molecule has 0 bridgehead atoms. The highest BCUT2D eigenvalue weighted by atomic mass is 16.6.